The maximum absolute atomic E-state index is 12.0. The van der Waals surface area contributed by atoms with E-state index in [1.54, 1.807) is 4.90 Å². The van der Waals surface area contributed by atoms with Crippen molar-refractivity contribution in [3.8, 4) is 0 Å². The number of nitrogens with one attached hydrogen (secondary N) is 1. The summed E-state index contributed by atoms with van der Waals surface area (Å²) in [6.07, 6.45) is 4.92. The average Bonchev–Trinajstić information content (AvgIpc) is 2.93. The molecule has 112 valence electrons. The molecular weight excluding hydrogens is 254 g/mol. The van der Waals surface area contributed by atoms with Crippen LogP contribution in [0.2, 0.25) is 0 Å². The highest BCUT2D eigenvalue weighted by Crippen LogP contribution is 2.15. The fourth-order valence-electron chi connectivity index (χ4n) is 2.35. The maximum Gasteiger partial charge on any atom is 0.410 e. The van der Waals surface area contributed by atoms with E-state index in [0.29, 0.717) is 6.04 Å². The molecule has 1 aromatic heterocycles. The largest absolute Gasteiger partial charge is 0.444 e. The highest BCUT2D eigenvalue weighted by molar-refractivity contribution is 5.68. The molecule has 0 spiro atoms. The molecule has 1 aliphatic rings. The zero-order valence-corrected chi connectivity index (χ0v) is 12.8. The molecule has 5 heteroatoms. The van der Waals surface area contributed by atoms with Crippen molar-refractivity contribution in [1.29, 1.82) is 0 Å². The van der Waals surface area contributed by atoms with E-state index in [2.05, 4.69) is 17.6 Å². The van der Waals surface area contributed by atoms with E-state index in [9.17, 15) is 4.79 Å². The standard InChI is InChI=1S/C15H25N3O2/c1-15(2,3)20-14(19)18-8-6-13(11-18)16-9-12-5-7-17(4)10-12/h5,7,10,13,16H,6,8-9,11H2,1-4H3. The summed E-state index contributed by atoms with van der Waals surface area (Å²) in [6.45, 7) is 8.01. The summed E-state index contributed by atoms with van der Waals surface area (Å²) in [5.74, 6) is 0. The number of rotatable bonds is 3. The fourth-order valence-corrected chi connectivity index (χ4v) is 2.35. The monoisotopic (exact) mass is 279 g/mol. The van der Waals surface area contributed by atoms with Gasteiger partial charge in [-0.25, -0.2) is 4.79 Å². The van der Waals surface area contributed by atoms with Crippen LogP contribution in [0.5, 0.6) is 0 Å². The Hall–Kier alpha value is -1.49. The van der Waals surface area contributed by atoms with Gasteiger partial charge < -0.3 is 19.5 Å². The van der Waals surface area contributed by atoms with Crippen LogP contribution >= 0.6 is 0 Å². The number of likely N-dealkylation sites (tertiary alicyclic amines) is 1. The van der Waals surface area contributed by atoms with Crippen molar-refractivity contribution < 1.29 is 9.53 Å². The van der Waals surface area contributed by atoms with Gasteiger partial charge in [-0.2, -0.15) is 0 Å². The molecule has 20 heavy (non-hydrogen) atoms. The maximum atomic E-state index is 12.0. The van der Waals surface area contributed by atoms with E-state index in [1.165, 1.54) is 5.56 Å². The minimum atomic E-state index is -0.424. The minimum absolute atomic E-state index is 0.207. The van der Waals surface area contributed by atoms with E-state index in [0.717, 1.165) is 26.1 Å². The third-order valence-electron chi connectivity index (χ3n) is 3.33. The normalized spacial score (nSPS) is 19.4. The fraction of sp³-hybridized carbons (Fsp3) is 0.667. The Bertz CT molecular complexity index is 462. The molecule has 0 aromatic carbocycles. The number of hydrogen-bond donors (Lipinski definition) is 1. The summed E-state index contributed by atoms with van der Waals surface area (Å²) in [6, 6.07) is 2.45. The highest BCUT2D eigenvalue weighted by atomic mass is 16.6. The second-order valence-corrected chi connectivity index (χ2v) is 6.48. The molecule has 2 rings (SSSR count). The van der Waals surface area contributed by atoms with Crippen molar-refractivity contribution in [2.24, 2.45) is 7.05 Å². The van der Waals surface area contributed by atoms with Crippen molar-refractivity contribution in [2.75, 3.05) is 13.1 Å². The van der Waals surface area contributed by atoms with E-state index in [1.807, 2.05) is 38.6 Å². The number of ether oxygens (including phenoxy) is 1. The van der Waals surface area contributed by atoms with Gasteiger partial charge >= 0.3 is 6.09 Å². The van der Waals surface area contributed by atoms with Gasteiger partial charge in [-0.1, -0.05) is 0 Å². The lowest BCUT2D eigenvalue weighted by atomic mass is 10.2. The van der Waals surface area contributed by atoms with Crippen LogP contribution in [0.3, 0.4) is 0 Å². The number of carbonyl (C=O) groups is 1. The molecule has 0 saturated carbocycles. The summed E-state index contributed by atoms with van der Waals surface area (Å²) in [4.78, 5) is 13.7. The van der Waals surface area contributed by atoms with Gasteiger partial charge in [-0.15, -0.1) is 0 Å². The predicted molar refractivity (Wildman–Crippen MR) is 78.5 cm³/mol. The summed E-state index contributed by atoms with van der Waals surface area (Å²) in [7, 11) is 2.02. The topological polar surface area (TPSA) is 46.5 Å². The molecule has 0 radical (unpaired) electrons. The Morgan fingerprint density at radius 3 is 2.85 bits per heavy atom. The molecule has 2 heterocycles. The zero-order chi connectivity index (χ0) is 14.8. The summed E-state index contributed by atoms with van der Waals surface area (Å²) < 4.78 is 7.43. The second-order valence-electron chi connectivity index (χ2n) is 6.48. The van der Waals surface area contributed by atoms with Crippen LogP contribution in [0.25, 0.3) is 0 Å². The van der Waals surface area contributed by atoms with Crippen molar-refractivity contribution in [3.63, 3.8) is 0 Å². The molecule has 0 aliphatic carbocycles. The first kappa shape index (κ1) is 14.9. The smallest absolute Gasteiger partial charge is 0.410 e. The van der Waals surface area contributed by atoms with Crippen LogP contribution in [-0.2, 0) is 18.3 Å². The van der Waals surface area contributed by atoms with Gasteiger partial charge in [0, 0.05) is 45.1 Å². The van der Waals surface area contributed by atoms with E-state index < -0.39 is 5.60 Å². The molecule has 1 aromatic rings. The SMILES string of the molecule is Cn1ccc(CNC2CCN(C(=O)OC(C)(C)C)C2)c1. The van der Waals surface area contributed by atoms with Crippen LogP contribution in [0.1, 0.15) is 32.8 Å². The lowest BCUT2D eigenvalue weighted by molar-refractivity contribution is 0.0291. The first-order valence-corrected chi connectivity index (χ1v) is 7.16. The Morgan fingerprint density at radius 1 is 1.50 bits per heavy atom. The average molecular weight is 279 g/mol. The molecule has 1 atom stereocenters. The number of nitrogens with zero attached hydrogens (tertiary/aromatic N) is 2. The van der Waals surface area contributed by atoms with Crippen LogP contribution in [-0.4, -0.2) is 40.3 Å². The van der Waals surface area contributed by atoms with Crippen LogP contribution in [0, 0.1) is 0 Å². The third kappa shape index (κ3) is 4.27. The molecule has 1 unspecified atom stereocenters. The quantitative estimate of drug-likeness (QED) is 0.922. The van der Waals surface area contributed by atoms with Crippen molar-refractivity contribution >= 4 is 6.09 Å². The molecule has 1 saturated heterocycles. The Kier molecular flexibility index (Phi) is 4.38. The van der Waals surface area contributed by atoms with Gasteiger partial charge in [0.1, 0.15) is 5.60 Å². The molecular formula is C15H25N3O2. The lowest BCUT2D eigenvalue weighted by Gasteiger charge is -2.24. The van der Waals surface area contributed by atoms with Crippen LogP contribution in [0.15, 0.2) is 18.5 Å². The number of amides is 1. The van der Waals surface area contributed by atoms with Crippen LogP contribution in [0.4, 0.5) is 4.79 Å². The predicted octanol–water partition coefficient (Wildman–Crippen LogP) is 2.12. The van der Waals surface area contributed by atoms with Gasteiger partial charge in [0.05, 0.1) is 0 Å². The van der Waals surface area contributed by atoms with Gasteiger partial charge in [0.15, 0.2) is 0 Å². The Balaban J connectivity index is 1.76. The van der Waals surface area contributed by atoms with Gasteiger partial charge in [0.25, 0.3) is 0 Å². The molecule has 0 bridgehead atoms. The first-order chi connectivity index (χ1) is 9.33. The zero-order valence-electron chi connectivity index (χ0n) is 12.8. The summed E-state index contributed by atoms with van der Waals surface area (Å²) >= 11 is 0. The first-order valence-electron chi connectivity index (χ1n) is 7.16. The number of aryl methyl sites for hydroxylation is 1. The van der Waals surface area contributed by atoms with Crippen LogP contribution < -0.4 is 5.32 Å². The number of aromatic nitrogens is 1. The molecule has 1 N–H and O–H groups in total. The summed E-state index contributed by atoms with van der Waals surface area (Å²) in [5, 5.41) is 3.50. The third-order valence-corrected chi connectivity index (χ3v) is 3.33. The van der Waals surface area contributed by atoms with Gasteiger partial charge in [-0.3, -0.25) is 0 Å². The Morgan fingerprint density at radius 2 is 2.25 bits per heavy atom. The van der Waals surface area contributed by atoms with Crippen molar-refractivity contribution in [1.82, 2.24) is 14.8 Å². The minimum Gasteiger partial charge on any atom is -0.444 e. The summed E-state index contributed by atoms with van der Waals surface area (Å²) in [5.41, 5.74) is 0.843. The molecule has 1 amide bonds. The number of hydrogen-bond acceptors (Lipinski definition) is 3. The van der Waals surface area contributed by atoms with E-state index in [4.69, 9.17) is 4.74 Å². The Labute approximate surface area is 120 Å². The molecule has 5 nitrogen and oxygen atoms in total. The van der Waals surface area contributed by atoms with E-state index >= 15 is 0 Å². The second kappa shape index (κ2) is 5.87. The molecule has 1 aliphatic heterocycles. The van der Waals surface area contributed by atoms with Gasteiger partial charge in [0.2, 0.25) is 0 Å². The number of carbonyl (C=O) groups excluding carboxylic acids is 1. The highest BCUT2D eigenvalue weighted by Gasteiger charge is 2.29. The van der Waals surface area contributed by atoms with Crippen molar-refractivity contribution in [3.05, 3.63) is 24.0 Å². The lowest BCUT2D eigenvalue weighted by Crippen LogP contribution is -2.38. The van der Waals surface area contributed by atoms with Crippen molar-refractivity contribution in [2.45, 2.75) is 45.4 Å². The van der Waals surface area contributed by atoms with Gasteiger partial charge in [-0.05, 0) is 38.8 Å². The molecule has 1 fully saturated rings. The van der Waals surface area contributed by atoms with E-state index in [-0.39, 0.29) is 6.09 Å².